The number of benzene rings is 2. The maximum atomic E-state index is 9.99. The molecule has 0 saturated heterocycles. The van der Waals surface area contributed by atoms with E-state index in [9.17, 15) is 19.8 Å². The van der Waals surface area contributed by atoms with E-state index in [4.69, 9.17) is 10.2 Å². The number of phenolic OH excluding ortho intramolecular Hbond substituents is 2. The number of fused-ring (bicyclic) bond motifs is 2. The SMILES string of the molecule is CC(C)N(CCc1c[nH]c2cccc(O)c12)C(C)C.CC(C)N(CCc1c[nH]c2cccc(O)c12)C(C)C.O=C(O)CCC(=O)O. The third-order valence-electron chi connectivity index (χ3n) is 8.02. The van der Waals surface area contributed by atoms with E-state index in [-0.39, 0.29) is 12.8 Å². The van der Waals surface area contributed by atoms with Crippen LogP contribution in [0.4, 0.5) is 0 Å². The predicted octanol–water partition coefficient (Wildman–Crippen LogP) is 7.01. The number of phenols is 2. The molecule has 0 unspecified atom stereocenters. The number of aromatic nitrogens is 2. The highest BCUT2D eigenvalue weighted by molar-refractivity contribution is 5.89. The van der Waals surface area contributed by atoms with Gasteiger partial charge in [0.25, 0.3) is 0 Å². The van der Waals surface area contributed by atoms with E-state index in [2.05, 4.69) is 75.2 Å². The van der Waals surface area contributed by atoms with Gasteiger partial charge in [-0.1, -0.05) is 12.1 Å². The zero-order chi connectivity index (χ0) is 34.6. The Morgan fingerprint density at radius 3 is 1.22 bits per heavy atom. The lowest BCUT2D eigenvalue weighted by molar-refractivity contribution is -0.143. The van der Waals surface area contributed by atoms with E-state index in [0.717, 1.165) is 47.7 Å². The summed E-state index contributed by atoms with van der Waals surface area (Å²) in [5, 5.41) is 37.7. The summed E-state index contributed by atoms with van der Waals surface area (Å²) in [4.78, 5) is 30.7. The number of aromatic hydroxyl groups is 2. The van der Waals surface area contributed by atoms with Crippen molar-refractivity contribution >= 4 is 33.7 Å². The first-order valence-electron chi connectivity index (χ1n) is 16.1. The number of nitrogens with zero attached hydrogens (tertiary/aromatic N) is 2. The van der Waals surface area contributed by atoms with Crippen LogP contribution >= 0.6 is 0 Å². The Bertz CT molecular complexity index is 1390. The monoisotopic (exact) mass is 638 g/mol. The lowest BCUT2D eigenvalue weighted by atomic mass is 10.1. The molecule has 6 N–H and O–H groups in total. The van der Waals surface area contributed by atoms with Crippen LogP contribution < -0.4 is 0 Å². The maximum absolute atomic E-state index is 9.99. The number of nitrogens with one attached hydrogen (secondary N) is 2. The first-order chi connectivity index (χ1) is 21.6. The standard InChI is InChI=1S/2C16H24N2O.C4H6O4/c2*1-11(2)18(12(3)4)9-8-13-10-17-14-6-5-7-15(19)16(13)14;5-3(6)1-2-4(7)8/h2*5-7,10-12,17,19H,8-9H2,1-4H3;1-2H2,(H,5,6)(H,7,8). The van der Waals surface area contributed by atoms with Crippen molar-refractivity contribution in [3.8, 4) is 11.5 Å². The average Bonchev–Trinajstić information content (AvgIpc) is 3.58. The van der Waals surface area contributed by atoms with Crippen LogP contribution in [0.2, 0.25) is 0 Å². The molecule has 4 aromatic rings. The second kappa shape index (κ2) is 18.2. The third kappa shape index (κ3) is 11.4. The summed E-state index contributed by atoms with van der Waals surface area (Å²) in [6.45, 7) is 19.9. The minimum absolute atomic E-state index is 0.296. The fourth-order valence-electron chi connectivity index (χ4n) is 5.80. The molecule has 0 radical (unpaired) electrons. The Balaban J connectivity index is 0.000000261. The van der Waals surface area contributed by atoms with E-state index in [1.165, 1.54) is 11.1 Å². The highest BCUT2D eigenvalue weighted by Gasteiger charge is 2.16. The van der Waals surface area contributed by atoms with Gasteiger partial charge in [0.1, 0.15) is 11.5 Å². The first-order valence-corrected chi connectivity index (χ1v) is 16.1. The van der Waals surface area contributed by atoms with Crippen LogP contribution in [-0.2, 0) is 22.4 Å². The predicted molar refractivity (Wildman–Crippen MR) is 186 cm³/mol. The number of hydrogen-bond donors (Lipinski definition) is 6. The highest BCUT2D eigenvalue weighted by atomic mass is 16.4. The number of carbonyl (C=O) groups is 2. The number of carboxylic acid groups (broad SMARTS) is 2. The number of carboxylic acids is 2. The molecule has 10 nitrogen and oxygen atoms in total. The molecule has 2 aromatic heterocycles. The van der Waals surface area contributed by atoms with Crippen LogP contribution in [-0.4, -0.2) is 89.4 Å². The number of aromatic amines is 2. The second-order valence-electron chi connectivity index (χ2n) is 12.7. The summed E-state index contributed by atoms with van der Waals surface area (Å²) >= 11 is 0. The zero-order valence-corrected chi connectivity index (χ0v) is 28.7. The topological polar surface area (TPSA) is 153 Å². The molecule has 254 valence electrons. The molecular weight excluding hydrogens is 584 g/mol. The van der Waals surface area contributed by atoms with Gasteiger partial charge < -0.3 is 30.4 Å². The molecule has 2 aromatic carbocycles. The lowest BCUT2D eigenvalue weighted by Crippen LogP contribution is -2.38. The Kier molecular flexibility index (Phi) is 15.1. The Labute approximate surface area is 273 Å². The zero-order valence-electron chi connectivity index (χ0n) is 28.7. The smallest absolute Gasteiger partial charge is 0.303 e. The largest absolute Gasteiger partial charge is 0.507 e. The van der Waals surface area contributed by atoms with Crippen LogP contribution in [0, 0.1) is 0 Å². The second-order valence-corrected chi connectivity index (χ2v) is 12.7. The van der Waals surface area contributed by atoms with E-state index in [1.807, 2.05) is 36.7 Å². The summed E-state index contributed by atoms with van der Waals surface area (Å²) in [6.07, 6.45) is 5.35. The van der Waals surface area contributed by atoms with Gasteiger partial charge in [0.05, 0.1) is 12.8 Å². The molecule has 2 heterocycles. The van der Waals surface area contributed by atoms with Gasteiger partial charge in [-0.15, -0.1) is 0 Å². The number of aliphatic carboxylic acids is 2. The number of rotatable bonds is 13. The normalized spacial score (nSPS) is 11.5. The summed E-state index contributed by atoms with van der Waals surface area (Å²) in [5.41, 5.74) is 4.41. The molecule has 0 aliphatic carbocycles. The molecule has 0 spiro atoms. The molecular formula is C36H54N4O6. The molecule has 0 aliphatic heterocycles. The van der Waals surface area contributed by atoms with Gasteiger partial charge in [0.15, 0.2) is 0 Å². The third-order valence-corrected chi connectivity index (χ3v) is 8.02. The van der Waals surface area contributed by atoms with Crippen LogP contribution in [0.1, 0.15) is 79.4 Å². The van der Waals surface area contributed by atoms with Crippen LogP contribution in [0.25, 0.3) is 21.8 Å². The van der Waals surface area contributed by atoms with Crippen molar-refractivity contribution < 1.29 is 30.0 Å². The van der Waals surface area contributed by atoms with E-state index in [0.29, 0.717) is 35.7 Å². The molecule has 0 fully saturated rings. The molecule has 4 rings (SSSR count). The summed E-state index contributed by atoms with van der Waals surface area (Å²) in [7, 11) is 0. The maximum Gasteiger partial charge on any atom is 0.303 e. The van der Waals surface area contributed by atoms with Gasteiger partial charge in [0.2, 0.25) is 0 Å². The van der Waals surface area contributed by atoms with Crippen molar-refractivity contribution in [3.63, 3.8) is 0 Å². The number of H-pyrrole nitrogens is 2. The fraction of sp³-hybridized carbons (Fsp3) is 0.500. The minimum Gasteiger partial charge on any atom is -0.507 e. The van der Waals surface area contributed by atoms with Crippen molar-refractivity contribution in [1.29, 1.82) is 0 Å². The lowest BCUT2D eigenvalue weighted by Gasteiger charge is -2.30. The van der Waals surface area contributed by atoms with Crippen molar-refractivity contribution in [1.82, 2.24) is 19.8 Å². The minimum atomic E-state index is -1.08. The molecule has 46 heavy (non-hydrogen) atoms. The van der Waals surface area contributed by atoms with Gasteiger partial charge in [-0.05, 0) is 104 Å². The van der Waals surface area contributed by atoms with E-state index < -0.39 is 11.9 Å². The molecule has 0 amide bonds. The molecule has 0 bridgehead atoms. The van der Waals surface area contributed by atoms with Gasteiger partial charge in [-0.3, -0.25) is 19.4 Å². The summed E-state index contributed by atoms with van der Waals surface area (Å²) in [5.74, 6) is -1.41. The van der Waals surface area contributed by atoms with Crippen LogP contribution in [0.15, 0.2) is 48.8 Å². The molecule has 0 aliphatic rings. The first kappa shape index (κ1) is 38.2. The Morgan fingerprint density at radius 2 is 0.935 bits per heavy atom. The van der Waals surface area contributed by atoms with E-state index >= 15 is 0 Å². The molecule has 0 atom stereocenters. The quantitative estimate of drug-likeness (QED) is 0.0915. The van der Waals surface area contributed by atoms with E-state index in [1.54, 1.807) is 12.1 Å². The van der Waals surface area contributed by atoms with Gasteiger partial charge in [-0.25, -0.2) is 0 Å². The van der Waals surface area contributed by atoms with Crippen molar-refractivity contribution in [2.75, 3.05) is 13.1 Å². The Hall–Kier alpha value is -4.02. The van der Waals surface area contributed by atoms with Gasteiger partial charge in [-0.2, -0.15) is 0 Å². The van der Waals surface area contributed by atoms with Crippen LogP contribution in [0.5, 0.6) is 11.5 Å². The fourth-order valence-corrected chi connectivity index (χ4v) is 5.80. The molecule has 0 saturated carbocycles. The molecule has 10 heteroatoms. The summed E-state index contributed by atoms with van der Waals surface area (Å²) in [6, 6.07) is 13.4. The summed E-state index contributed by atoms with van der Waals surface area (Å²) < 4.78 is 0. The number of hydrogen-bond acceptors (Lipinski definition) is 6. The van der Waals surface area contributed by atoms with Gasteiger partial charge in [0, 0.05) is 71.5 Å². The van der Waals surface area contributed by atoms with Crippen molar-refractivity contribution in [2.45, 2.75) is 105 Å². The van der Waals surface area contributed by atoms with Crippen LogP contribution in [0.3, 0.4) is 0 Å². The van der Waals surface area contributed by atoms with Crippen molar-refractivity contribution in [2.24, 2.45) is 0 Å². The van der Waals surface area contributed by atoms with Crippen molar-refractivity contribution in [3.05, 3.63) is 59.9 Å². The van der Waals surface area contributed by atoms with Gasteiger partial charge >= 0.3 is 11.9 Å². The highest BCUT2D eigenvalue weighted by Crippen LogP contribution is 2.29. The Morgan fingerprint density at radius 1 is 0.609 bits per heavy atom. The average molecular weight is 639 g/mol.